The number of nitrogens with two attached hydrogens (primary N) is 1. The van der Waals surface area contributed by atoms with Crippen LogP contribution in [0.5, 0.6) is 0 Å². The Balaban J connectivity index is 2.16. The zero-order valence-corrected chi connectivity index (χ0v) is 12.1. The van der Waals surface area contributed by atoms with Crippen LogP contribution in [0.2, 0.25) is 0 Å². The zero-order valence-electron chi connectivity index (χ0n) is 11.3. The van der Waals surface area contributed by atoms with E-state index < -0.39 is 10.0 Å². The Kier molecular flexibility index (Phi) is 4.42. The number of benzene rings is 1. The highest BCUT2D eigenvalue weighted by Gasteiger charge is 2.28. The molecule has 0 heterocycles. The molecule has 0 bridgehead atoms. The predicted molar refractivity (Wildman–Crippen MR) is 75.8 cm³/mol. The zero-order chi connectivity index (χ0) is 14.8. The van der Waals surface area contributed by atoms with Gasteiger partial charge in [0, 0.05) is 24.2 Å². The first-order valence-corrected chi connectivity index (χ1v) is 8.04. The molecule has 0 aromatic heterocycles. The lowest BCUT2D eigenvalue weighted by atomic mass is 10.2. The monoisotopic (exact) mass is 297 g/mol. The summed E-state index contributed by atoms with van der Waals surface area (Å²) in [6.07, 6.45) is 1.74. The molecule has 0 radical (unpaired) electrons. The molecular formula is C13H19N3O3S. The van der Waals surface area contributed by atoms with E-state index in [-0.39, 0.29) is 22.9 Å². The highest BCUT2D eigenvalue weighted by atomic mass is 32.2. The molecule has 1 fully saturated rings. The van der Waals surface area contributed by atoms with E-state index in [0.29, 0.717) is 12.1 Å². The van der Waals surface area contributed by atoms with E-state index >= 15 is 0 Å². The lowest BCUT2D eigenvalue weighted by Crippen LogP contribution is -2.37. The van der Waals surface area contributed by atoms with Gasteiger partial charge in [-0.15, -0.1) is 0 Å². The fourth-order valence-electron chi connectivity index (χ4n) is 1.66. The van der Waals surface area contributed by atoms with Crippen LogP contribution < -0.4 is 15.8 Å². The second-order valence-corrected chi connectivity index (χ2v) is 6.75. The van der Waals surface area contributed by atoms with Gasteiger partial charge in [-0.05, 0) is 38.0 Å². The van der Waals surface area contributed by atoms with Crippen molar-refractivity contribution in [2.24, 2.45) is 5.73 Å². The van der Waals surface area contributed by atoms with E-state index in [2.05, 4.69) is 10.0 Å². The summed E-state index contributed by atoms with van der Waals surface area (Å²) in [4.78, 5) is 12.1. The van der Waals surface area contributed by atoms with Crippen LogP contribution in [0.25, 0.3) is 0 Å². The Morgan fingerprint density at radius 1 is 1.45 bits per heavy atom. The third-order valence-corrected chi connectivity index (χ3v) is 4.55. The maximum atomic E-state index is 12.1. The maximum absolute atomic E-state index is 12.1. The number of nitrogens with one attached hydrogen (secondary N) is 2. The quantitative estimate of drug-likeness (QED) is 0.698. The molecule has 1 atom stereocenters. The topological polar surface area (TPSA) is 101 Å². The fraction of sp³-hybridized carbons (Fsp3) is 0.462. The van der Waals surface area contributed by atoms with Crippen molar-refractivity contribution in [3.05, 3.63) is 29.8 Å². The van der Waals surface area contributed by atoms with Crippen LogP contribution in [0.15, 0.2) is 29.2 Å². The fourth-order valence-corrected chi connectivity index (χ4v) is 3.01. The first kappa shape index (κ1) is 15.0. The molecule has 7 heteroatoms. The number of carbonyl (C=O) groups is 1. The summed E-state index contributed by atoms with van der Waals surface area (Å²) in [6, 6.07) is 5.87. The first-order valence-electron chi connectivity index (χ1n) is 6.55. The Bertz CT molecular complexity index is 597. The minimum atomic E-state index is -3.54. The summed E-state index contributed by atoms with van der Waals surface area (Å²) in [5.74, 6) is -0.327. The lowest BCUT2D eigenvalue weighted by Gasteiger charge is -2.12. The van der Waals surface area contributed by atoms with Gasteiger partial charge in [-0.1, -0.05) is 6.07 Å². The molecule has 0 spiro atoms. The van der Waals surface area contributed by atoms with Gasteiger partial charge in [-0.2, -0.15) is 0 Å². The number of carbonyl (C=O) groups excluding carboxylic acids is 1. The van der Waals surface area contributed by atoms with Gasteiger partial charge in [0.1, 0.15) is 0 Å². The molecule has 0 saturated heterocycles. The van der Waals surface area contributed by atoms with Gasteiger partial charge < -0.3 is 11.1 Å². The molecule has 1 aromatic rings. The molecule has 1 aromatic carbocycles. The minimum absolute atomic E-state index is 0.0368. The van der Waals surface area contributed by atoms with Crippen LogP contribution >= 0.6 is 0 Å². The van der Waals surface area contributed by atoms with Crippen molar-refractivity contribution in [2.45, 2.75) is 36.7 Å². The Hall–Kier alpha value is -1.44. The van der Waals surface area contributed by atoms with Crippen molar-refractivity contribution in [1.82, 2.24) is 10.0 Å². The van der Waals surface area contributed by atoms with Gasteiger partial charge >= 0.3 is 0 Å². The Morgan fingerprint density at radius 2 is 2.15 bits per heavy atom. The van der Waals surface area contributed by atoms with E-state index in [1.807, 2.05) is 0 Å². The van der Waals surface area contributed by atoms with Crippen LogP contribution in [-0.2, 0) is 10.0 Å². The second kappa shape index (κ2) is 5.90. The van der Waals surface area contributed by atoms with Gasteiger partial charge in [0.2, 0.25) is 10.0 Å². The van der Waals surface area contributed by atoms with Crippen molar-refractivity contribution in [3.63, 3.8) is 0 Å². The normalized spacial score (nSPS) is 16.7. The number of hydrogen-bond acceptors (Lipinski definition) is 4. The molecule has 1 amide bonds. The first-order chi connectivity index (χ1) is 9.42. The van der Waals surface area contributed by atoms with Crippen LogP contribution in [-0.4, -0.2) is 33.0 Å². The highest BCUT2D eigenvalue weighted by Crippen LogP contribution is 2.22. The summed E-state index contributed by atoms with van der Waals surface area (Å²) in [7, 11) is -3.54. The van der Waals surface area contributed by atoms with E-state index in [1.54, 1.807) is 19.1 Å². The van der Waals surface area contributed by atoms with Crippen molar-refractivity contribution < 1.29 is 13.2 Å². The van der Waals surface area contributed by atoms with Crippen molar-refractivity contribution in [3.8, 4) is 0 Å². The number of hydrogen-bond donors (Lipinski definition) is 3. The summed E-state index contributed by atoms with van der Waals surface area (Å²) in [6.45, 7) is 2.11. The average molecular weight is 297 g/mol. The molecule has 0 unspecified atom stereocenters. The Morgan fingerprint density at radius 3 is 2.75 bits per heavy atom. The van der Waals surface area contributed by atoms with Gasteiger partial charge in [0.15, 0.2) is 0 Å². The standard InChI is InChI=1S/C13H19N3O3S/c1-9(8-14)15-13(17)10-3-2-4-12(7-10)20(18,19)16-11-5-6-11/h2-4,7,9,11,16H,5-6,8,14H2,1H3,(H,15,17)/t9-/m0/s1. The lowest BCUT2D eigenvalue weighted by molar-refractivity contribution is 0.0941. The second-order valence-electron chi connectivity index (χ2n) is 5.03. The maximum Gasteiger partial charge on any atom is 0.251 e. The van der Waals surface area contributed by atoms with Gasteiger partial charge in [-0.3, -0.25) is 4.79 Å². The van der Waals surface area contributed by atoms with Gasteiger partial charge in [0.25, 0.3) is 5.91 Å². The molecule has 20 heavy (non-hydrogen) atoms. The summed E-state index contributed by atoms with van der Waals surface area (Å²) < 4.78 is 26.7. The third-order valence-electron chi connectivity index (χ3n) is 3.04. The molecular weight excluding hydrogens is 278 g/mol. The van der Waals surface area contributed by atoms with E-state index in [0.717, 1.165) is 12.8 Å². The average Bonchev–Trinajstić information content (AvgIpc) is 3.22. The Labute approximate surface area is 118 Å². The van der Waals surface area contributed by atoms with Crippen LogP contribution in [0.1, 0.15) is 30.1 Å². The van der Waals surface area contributed by atoms with Crippen LogP contribution in [0, 0.1) is 0 Å². The van der Waals surface area contributed by atoms with E-state index in [9.17, 15) is 13.2 Å². The van der Waals surface area contributed by atoms with Crippen molar-refractivity contribution in [1.29, 1.82) is 0 Å². The molecule has 6 nitrogen and oxygen atoms in total. The predicted octanol–water partition coefficient (Wildman–Crippen LogP) is 0.204. The molecule has 1 aliphatic carbocycles. The molecule has 1 saturated carbocycles. The van der Waals surface area contributed by atoms with Gasteiger partial charge in [0.05, 0.1) is 4.90 Å². The molecule has 1 aliphatic rings. The SMILES string of the molecule is C[C@@H](CN)NC(=O)c1cccc(S(=O)(=O)NC2CC2)c1. The highest BCUT2D eigenvalue weighted by molar-refractivity contribution is 7.89. The van der Waals surface area contributed by atoms with Crippen LogP contribution in [0.4, 0.5) is 0 Å². The summed E-state index contributed by atoms with van der Waals surface area (Å²) >= 11 is 0. The van der Waals surface area contributed by atoms with E-state index in [4.69, 9.17) is 5.73 Å². The van der Waals surface area contributed by atoms with Crippen molar-refractivity contribution >= 4 is 15.9 Å². The third kappa shape index (κ3) is 3.78. The molecule has 0 aliphatic heterocycles. The largest absolute Gasteiger partial charge is 0.348 e. The summed E-state index contributed by atoms with van der Waals surface area (Å²) in [5, 5.41) is 2.70. The van der Waals surface area contributed by atoms with E-state index in [1.165, 1.54) is 12.1 Å². The minimum Gasteiger partial charge on any atom is -0.348 e. The molecule has 2 rings (SSSR count). The summed E-state index contributed by atoms with van der Waals surface area (Å²) in [5.41, 5.74) is 5.75. The molecule has 4 N–H and O–H groups in total. The molecule has 110 valence electrons. The number of sulfonamides is 1. The van der Waals surface area contributed by atoms with Crippen LogP contribution in [0.3, 0.4) is 0 Å². The van der Waals surface area contributed by atoms with Crippen molar-refractivity contribution in [2.75, 3.05) is 6.54 Å². The number of rotatable bonds is 6. The smallest absolute Gasteiger partial charge is 0.251 e. The number of amides is 1. The van der Waals surface area contributed by atoms with Gasteiger partial charge in [-0.25, -0.2) is 13.1 Å².